The van der Waals surface area contributed by atoms with Crippen molar-refractivity contribution in [1.82, 2.24) is 4.72 Å². The summed E-state index contributed by atoms with van der Waals surface area (Å²) >= 11 is -1.46. The SMILES string of the molecule is COC(=O)CC[C@H](O[Si](C)(C)C(C)(C)C)C(N[S+]([O-])C(C)(C)C)C(c1ccc(C)cc1)[S@@](=O)C(C)(C)C. The van der Waals surface area contributed by atoms with E-state index >= 15 is 0 Å². The highest BCUT2D eigenvalue weighted by Gasteiger charge is 2.47. The van der Waals surface area contributed by atoms with Gasteiger partial charge in [0, 0.05) is 33.3 Å². The van der Waals surface area contributed by atoms with Crippen molar-refractivity contribution in [1.29, 1.82) is 0 Å². The molecular weight excluding hydrogens is 523 g/mol. The Labute approximate surface area is 233 Å². The molecule has 1 aromatic rings. The first-order valence-corrected chi connectivity index (χ1v) is 18.3. The summed E-state index contributed by atoms with van der Waals surface area (Å²) in [5, 5.41) is -0.605. The second-order valence-electron chi connectivity index (χ2n) is 13.3. The summed E-state index contributed by atoms with van der Waals surface area (Å²) in [4.78, 5) is 12.2. The maximum absolute atomic E-state index is 14.2. The molecule has 0 radical (unpaired) electrons. The fourth-order valence-corrected chi connectivity index (χ4v) is 7.49. The molecule has 214 valence electrons. The number of carbonyl (C=O) groups is 1. The molecule has 0 heterocycles. The molecule has 0 bridgehead atoms. The largest absolute Gasteiger partial charge is 0.598 e. The fraction of sp³-hybridized carbons (Fsp3) is 0.750. The second kappa shape index (κ2) is 13.1. The molecule has 0 aromatic heterocycles. The van der Waals surface area contributed by atoms with Crippen molar-refractivity contribution in [2.75, 3.05) is 7.11 Å². The minimum absolute atomic E-state index is 0.0905. The standard InChI is InChI=1S/C28H51NO5S2Si/c1-20-14-16-21(17-15-20)25(35(31)26(2,3)4)24(29-36(32)27(5,6)7)22(18-19-23(30)33-11)34-37(12,13)28(8,9)10/h14-17,22,24-25,29H,18-19H2,1-13H3/t22-,24?,25?,35+,36?/m0/s1. The van der Waals surface area contributed by atoms with E-state index in [1.165, 1.54) is 7.11 Å². The molecule has 6 nitrogen and oxygen atoms in total. The van der Waals surface area contributed by atoms with Crippen molar-refractivity contribution in [2.24, 2.45) is 0 Å². The number of rotatable bonds is 11. The van der Waals surface area contributed by atoms with E-state index in [9.17, 15) is 13.6 Å². The molecule has 9 heteroatoms. The molecule has 1 aromatic carbocycles. The first kappa shape index (κ1) is 34.3. The predicted octanol–water partition coefficient (Wildman–Crippen LogP) is 6.35. The van der Waals surface area contributed by atoms with Crippen LogP contribution in [0.4, 0.5) is 0 Å². The molecule has 0 aliphatic rings. The summed E-state index contributed by atoms with van der Waals surface area (Å²) in [5.74, 6) is -0.330. The number of ether oxygens (including phenoxy) is 1. The Morgan fingerprint density at radius 3 is 1.97 bits per heavy atom. The van der Waals surface area contributed by atoms with Gasteiger partial charge in [-0.1, -0.05) is 50.6 Å². The van der Waals surface area contributed by atoms with Gasteiger partial charge >= 0.3 is 5.97 Å². The Balaban J connectivity index is 3.83. The van der Waals surface area contributed by atoms with Crippen LogP contribution in [0.5, 0.6) is 0 Å². The van der Waals surface area contributed by atoms with E-state index in [1.54, 1.807) is 0 Å². The number of hydrogen-bond donors (Lipinski definition) is 1. The molecule has 0 saturated heterocycles. The number of carbonyl (C=O) groups excluding carboxylic acids is 1. The third kappa shape index (κ3) is 10.1. The Kier molecular flexibility index (Phi) is 12.1. The molecule has 0 fully saturated rings. The van der Waals surface area contributed by atoms with E-state index < -0.39 is 57.4 Å². The Morgan fingerprint density at radius 2 is 1.57 bits per heavy atom. The quantitative estimate of drug-likeness (QED) is 0.189. The van der Waals surface area contributed by atoms with Crippen molar-refractivity contribution in [3.05, 3.63) is 35.4 Å². The molecule has 5 atom stereocenters. The molecule has 1 N–H and O–H groups in total. The second-order valence-corrected chi connectivity index (χ2v) is 22.4. The topological polar surface area (TPSA) is 87.7 Å². The number of nitrogens with one attached hydrogen (secondary N) is 1. The number of esters is 1. The monoisotopic (exact) mass is 573 g/mol. The first-order valence-electron chi connectivity index (χ1n) is 13.0. The van der Waals surface area contributed by atoms with Crippen LogP contribution in [0.1, 0.15) is 91.5 Å². The van der Waals surface area contributed by atoms with Crippen molar-refractivity contribution in [3.8, 4) is 0 Å². The fourth-order valence-electron chi connectivity index (χ4n) is 3.46. The first-order chi connectivity index (χ1) is 16.6. The van der Waals surface area contributed by atoms with Gasteiger partial charge in [-0.2, -0.15) is 0 Å². The smallest absolute Gasteiger partial charge is 0.305 e. The van der Waals surface area contributed by atoms with Crippen LogP contribution in [0.2, 0.25) is 18.1 Å². The average molecular weight is 574 g/mol. The van der Waals surface area contributed by atoms with Gasteiger partial charge in [-0.25, -0.2) is 0 Å². The summed E-state index contributed by atoms with van der Waals surface area (Å²) in [6.45, 7) is 24.4. The van der Waals surface area contributed by atoms with Crippen LogP contribution in [-0.4, -0.2) is 51.8 Å². The molecule has 0 amide bonds. The molecule has 3 unspecified atom stereocenters. The zero-order valence-corrected chi connectivity index (χ0v) is 27.9. The van der Waals surface area contributed by atoms with Gasteiger partial charge in [-0.15, -0.1) is 4.72 Å². The van der Waals surface area contributed by atoms with Crippen LogP contribution < -0.4 is 4.72 Å². The lowest BCUT2D eigenvalue weighted by Crippen LogP contribution is -2.57. The van der Waals surface area contributed by atoms with Gasteiger partial charge in [0.05, 0.1) is 24.5 Å². The summed E-state index contributed by atoms with van der Waals surface area (Å²) in [5.41, 5.74) is 2.00. The van der Waals surface area contributed by atoms with E-state index in [2.05, 4.69) is 38.6 Å². The van der Waals surface area contributed by atoms with Crippen molar-refractivity contribution < 1.29 is 22.7 Å². The molecule has 37 heavy (non-hydrogen) atoms. The minimum atomic E-state index is -2.34. The lowest BCUT2D eigenvalue weighted by Gasteiger charge is -2.44. The third-order valence-electron chi connectivity index (χ3n) is 6.88. The molecule has 0 spiro atoms. The average Bonchev–Trinajstić information content (AvgIpc) is 2.74. The Morgan fingerprint density at radius 1 is 1.05 bits per heavy atom. The number of hydrogen-bond acceptors (Lipinski definition) is 6. The molecule has 1 rings (SSSR count). The Bertz CT molecular complexity index is 901. The van der Waals surface area contributed by atoms with Crippen LogP contribution in [0, 0.1) is 6.92 Å². The minimum Gasteiger partial charge on any atom is -0.598 e. The van der Waals surface area contributed by atoms with Gasteiger partial charge in [-0.05, 0) is 78.6 Å². The van der Waals surface area contributed by atoms with Crippen LogP contribution in [0.25, 0.3) is 0 Å². The van der Waals surface area contributed by atoms with E-state index in [0.29, 0.717) is 6.42 Å². The van der Waals surface area contributed by atoms with Gasteiger partial charge < -0.3 is 13.7 Å². The van der Waals surface area contributed by atoms with Crippen LogP contribution in [0.3, 0.4) is 0 Å². The number of benzene rings is 1. The summed E-state index contributed by atoms with van der Waals surface area (Å²) in [7, 11) is -2.33. The van der Waals surface area contributed by atoms with Crippen molar-refractivity contribution in [3.63, 3.8) is 0 Å². The summed E-state index contributed by atoms with van der Waals surface area (Å²) < 4.78 is 42.0. The van der Waals surface area contributed by atoms with E-state index in [-0.39, 0.29) is 17.4 Å². The van der Waals surface area contributed by atoms with Gasteiger partial charge in [0.1, 0.15) is 4.75 Å². The van der Waals surface area contributed by atoms with Gasteiger partial charge in [0.2, 0.25) is 0 Å². The van der Waals surface area contributed by atoms with E-state index in [1.807, 2.05) is 72.7 Å². The molecule has 0 aliphatic heterocycles. The van der Waals surface area contributed by atoms with Crippen LogP contribution in [-0.2, 0) is 36.1 Å². The Hall–Kier alpha value is -0.713. The zero-order valence-electron chi connectivity index (χ0n) is 25.3. The van der Waals surface area contributed by atoms with Crippen LogP contribution >= 0.6 is 0 Å². The number of methoxy groups -OCH3 is 1. The molecular formula is C28H51NO5S2Si. The predicted molar refractivity (Wildman–Crippen MR) is 160 cm³/mol. The van der Waals surface area contributed by atoms with E-state index in [4.69, 9.17) is 9.16 Å². The molecule has 0 saturated carbocycles. The van der Waals surface area contributed by atoms with Gasteiger partial charge in [-0.3, -0.25) is 9.00 Å². The summed E-state index contributed by atoms with van der Waals surface area (Å²) in [6.07, 6.45) is 0.00439. The van der Waals surface area contributed by atoms with Crippen molar-refractivity contribution >= 4 is 36.4 Å². The zero-order chi connectivity index (χ0) is 29.0. The summed E-state index contributed by atoms with van der Waals surface area (Å²) in [6, 6.07) is 7.46. The highest BCUT2D eigenvalue weighted by atomic mass is 32.2. The van der Waals surface area contributed by atoms with Crippen LogP contribution in [0.15, 0.2) is 24.3 Å². The van der Waals surface area contributed by atoms with E-state index in [0.717, 1.165) is 11.1 Å². The normalized spacial score (nSPS) is 17.6. The maximum Gasteiger partial charge on any atom is 0.305 e. The van der Waals surface area contributed by atoms with Gasteiger partial charge in [0.25, 0.3) is 0 Å². The highest BCUT2D eigenvalue weighted by molar-refractivity contribution is 7.91. The lowest BCUT2D eigenvalue weighted by atomic mass is 9.97. The highest BCUT2D eigenvalue weighted by Crippen LogP contribution is 2.41. The van der Waals surface area contributed by atoms with Gasteiger partial charge in [0.15, 0.2) is 8.32 Å². The van der Waals surface area contributed by atoms with Crippen molar-refractivity contribution in [2.45, 2.75) is 127 Å². The molecule has 0 aliphatic carbocycles. The lowest BCUT2D eigenvalue weighted by molar-refractivity contribution is -0.141. The number of aryl methyl sites for hydroxylation is 1. The third-order valence-corrected chi connectivity index (χ3v) is 15.2. The maximum atomic E-state index is 14.2.